The quantitative estimate of drug-likeness (QED) is 0.370. The molecular formula is C6H7LiN2O2S. The van der Waals surface area contributed by atoms with Gasteiger partial charge in [0.2, 0.25) is 0 Å². The molecule has 60 valence electrons. The minimum Gasteiger partial charge on any atom is -0.766 e. The Balaban J connectivity index is 0.000000720. The summed E-state index contributed by atoms with van der Waals surface area (Å²) in [5.41, 5.74) is 0. The third-order valence-electron chi connectivity index (χ3n) is 1.72. The Morgan fingerprint density at radius 3 is 2.83 bits per heavy atom. The van der Waals surface area contributed by atoms with Crippen molar-refractivity contribution in [2.45, 2.75) is 24.0 Å². The van der Waals surface area contributed by atoms with Gasteiger partial charge in [0.15, 0.2) is 5.16 Å². The van der Waals surface area contributed by atoms with Crippen molar-refractivity contribution in [1.29, 1.82) is 0 Å². The predicted octanol–water partition coefficient (Wildman–Crippen LogP) is -2.54. The maximum Gasteiger partial charge on any atom is 1.00 e. The normalized spacial score (nSPS) is 18.4. The zero-order chi connectivity index (χ0) is 7.84. The molecule has 1 aromatic heterocycles. The average Bonchev–Trinajstić information content (AvgIpc) is 2.68. The second-order valence-electron chi connectivity index (χ2n) is 2.58. The molecule has 0 aromatic carbocycles. The van der Waals surface area contributed by atoms with Crippen molar-refractivity contribution in [3.63, 3.8) is 0 Å². The Bertz CT molecular complexity index is 297. The van der Waals surface area contributed by atoms with E-state index < -0.39 is 11.1 Å². The first-order valence-corrected chi connectivity index (χ1v) is 4.48. The summed E-state index contributed by atoms with van der Waals surface area (Å²) in [5, 5.41) is 0.160. The SMILES string of the molecule is O=S([O-])c1nccn1C1CC1.[Li+]. The summed E-state index contributed by atoms with van der Waals surface area (Å²) in [6, 6.07) is 0.380. The van der Waals surface area contributed by atoms with Crippen molar-refractivity contribution in [1.82, 2.24) is 9.55 Å². The summed E-state index contributed by atoms with van der Waals surface area (Å²) in [5.74, 6) is 0. The maximum atomic E-state index is 10.5. The van der Waals surface area contributed by atoms with Crippen LogP contribution in [-0.4, -0.2) is 18.3 Å². The summed E-state index contributed by atoms with van der Waals surface area (Å²) in [6.07, 6.45) is 5.37. The number of hydrogen-bond acceptors (Lipinski definition) is 3. The fourth-order valence-corrected chi connectivity index (χ4v) is 1.59. The second-order valence-corrected chi connectivity index (χ2v) is 3.42. The topological polar surface area (TPSA) is 57.9 Å². The van der Waals surface area contributed by atoms with Crippen LogP contribution in [-0.2, 0) is 11.1 Å². The zero-order valence-corrected chi connectivity index (χ0v) is 7.58. The molecule has 1 aromatic rings. The Morgan fingerprint density at radius 1 is 1.67 bits per heavy atom. The van der Waals surface area contributed by atoms with E-state index in [4.69, 9.17) is 0 Å². The number of nitrogens with zero attached hydrogens (tertiary/aromatic N) is 2. The zero-order valence-electron chi connectivity index (χ0n) is 6.77. The van der Waals surface area contributed by atoms with Crippen LogP contribution in [0.1, 0.15) is 18.9 Å². The summed E-state index contributed by atoms with van der Waals surface area (Å²) >= 11 is -2.19. The molecule has 0 bridgehead atoms. The molecule has 1 fully saturated rings. The molecule has 2 rings (SSSR count). The van der Waals surface area contributed by atoms with Gasteiger partial charge in [-0.2, -0.15) is 0 Å². The Labute approximate surface area is 84.8 Å². The van der Waals surface area contributed by atoms with Gasteiger partial charge >= 0.3 is 18.9 Å². The van der Waals surface area contributed by atoms with E-state index >= 15 is 0 Å². The van der Waals surface area contributed by atoms with Crippen LogP contribution in [0.2, 0.25) is 0 Å². The maximum absolute atomic E-state index is 10.5. The van der Waals surface area contributed by atoms with E-state index in [2.05, 4.69) is 4.98 Å². The van der Waals surface area contributed by atoms with Gasteiger partial charge in [0.05, 0.1) is 0 Å². The summed E-state index contributed by atoms with van der Waals surface area (Å²) < 4.78 is 22.8. The average molecular weight is 178 g/mol. The molecule has 0 aliphatic heterocycles. The molecule has 1 heterocycles. The number of imidazole rings is 1. The third kappa shape index (κ3) is 1.80. The van der Waals surface area contributed by atoms with E-state index in [-0.39, 0.29) is 24.0 Å². The number of rotatable bonds is 2. The van der Waals surface area contributed by atoms with E-state index in [1.165, 1.54) is 6.20 Å². The van der Waals surface area contributed by atoms with Crippen molar-refractivity contribution < 1.29 is 27.6 Å². The van der Waals surface area contributed by atoms with Gasteiger partial charge in [-0.1, -0.05) is 0 Å². The fourth-order valence-electron chi connectivity index (χ4n) is 1.06. The summed E-state index contributed by atoms with van der Waals surface area (Å²) in [4.78, 5) is 3.73. The Kier molecular flexibility index (Phi) is 3.13. The molecule has 6 heteroatoms. The van der Waals surface area contributed by atoms with Crippen LogP contribution < -0.4 is 18.9 Å². The van der Waals surface area contributed by atoms with E-state index in [9.17, 15) is 8.76 Å². The van der Waals surface area contributed by atoms with Crippen molar-refractivity contribution >= 4 is 11.1 Å². The minimum absolute atomic E-state index is 0. The van der Waals surface area contributed by atoms with E-state index in [0.29, 0.717) is 6.04 Å². The van der Waals surface area contributed by atoms with Crippen LogP contribution in [0.25, 0.3) is 0 Å². The second kappa shape index (κ2) is 3.75. The van der Waals surface area contributed by atoms with Crippen LogP contribution in [0.4, 0.5) is 0 Å². The fraction of sp³-hybridized carbons (Fsp3) is 0.500. The number of hydrogen-bond donors (Lipinski definition) is 0. The molecule has 1 saturated carbocycles. The van der Waals surface area contributed by atoms with Crippen LogP contribution in [0.3, 0.4) is 0 Å². The smallest absolute Gasteiger partial charge is 0.766 e. The van der Waals surface area contributed by atoms with Gasteiger partial charge in [0.25, 0.3) is 0 Å². The van der Waals surface area contributed by atoms with Gasteiger partial charge in [0.1, 0.15) is 0 Å². The van der Waals surface area contributed by atoms with Crippen molar-refractivity contribution in [2.75, 3.05) is 0 Å². The van der Waals surface area contributed by atoms with Gasteiger partial charge in [-0.15, -0.1) is 0 Å². The molecule has 0 saturated heterocycles. The van der Waals surface area contributed by atoms with Crippen LogP contribution in [0.5, 0.6) is 0 Å². The Morgan fingerprint density at radius 2 is 2.33 bits per heavy atom. The van der Waals surface area contributed by atoms with Crippen molar-refractivity contribution in [3.05, 3.63) is 12.4 Å². The van der Waals surface area contributed by atoms with Crippen LogP contribution >= 0.6 is 0 Å². The third-order valence-corrected chi connectivity index (χ3v) is 2.34. The number of aromatic nitrogens is 2. The Hall–Kier alpha value is -0.0826. The molecule has 1 atom stereocenters. The van der Waals surface area contributed by atoms with E-state index in [1.54, 1.807) is 10.8 Å². The molecule has 1 aliphatic rings. The van der Waals surface area contributed by atoms with Crippen LogP contribution in [0.15, 0.2) is 17.6 Å². The van der Waals surface area contributed by atoms with E-state index in [1.807, 2.05) is 0 Å². The van der Waals surface area contributed by atoms with Gasteiger partial charge < -0.3 is 9.12 Å². The van der Waals surface area contributed by atoms with Gasteiger partial charge in [-0.3, -0.25) is 4.21 Å². The summed E-state index contributed by atoms with van der Waals surface area (Å²) in [7, 11) is 0. The molecule has 0 amide bonds. The molecule has 0 N–H and O–H groups in total. The van der Waals surface area contributed by atoms with Gasteiger partial charge in [-0.05, 0) is 12.8 Å². The van der Waals surface area contributed by atoms with Crippen molar-refractivity contribution in [2.24, 2.45) is 0 Å². The molecule has 12 heavy (non-hydrogen) atoms. The molecule has 1 unspecified atom stereocenters. The van der Waals surface area contributed by atoms with E-state index in [0.717, 1.165) is 12.8 Å². The van der Waals surface area contributed by atoms with Gasteiger partial charge in [0, 0.05) is 29.5 Å². The standard InChI is InChI=1S/C6H8N2O2S.Li/c9-11(10)6-7-3-4-8(6)5-1-2-5;/h3-5H,1-2H2,(H,9,10);/q;+1/p-1. The first kappa shape index (κ1) is 10.0. The first-order valence-electron chi connectivity index (χ1n) is 3.41. The molecule has 0 radical (unpaired) electrons. The molecule has 0 spiro atoms. The summed E-state index contributed by atoms with van der Waals surface area (Å²) in [6.45, 7) is 0. The monoisotopic (exact) mass is 178 g/mol. The van der Waals surface area contributed by atoms with Gasteiger partial charge in [-0.25, -0.2) is 4.98 Å². The van der Waals surface area contributed by atoms with Crippen molar-refractivity contribution in [3.8, 4) is 0 Å². The minimum atomic E-state index is -2.19. The predicted molar refractivity (Wildman–Crippen MR) is 37.7 cm³/mol. The molecule has 4 nitrogen and oxygen atoms in total. The largest absolute Gasteiger partial charge is 1.00 e. The first-order chi connectivity index (χ1) is 5.29. The van der Waals surface area contributed by atoms with Crippen LogP contribution in [0, 0.1) is 0 Å². The molecule has 1 aliphatic carbocycles. The molecular weight excluding hydrogens is 171 g/mol.